The first-order valence-electron chi connectivity index (χ1n) is 5.04. The molecule has 1 atom stereocenters. The number of halogens is 1. The zero-order chi connectivity index (χ0) is 13.7. The van der Waals surface area contributed by atoms with Crippen LogP contribution < -0.4 is 11.1 Å². The Morgan fingerprint density at radius 2 is 2.17 bits per heavy atom. The van der Waals surface area contributed by atoms with Gasteiger partial charge in [-0.1, -0.05) is 15.9 Å². The van der Waals surface area contributed by atoms with Gasteiger partial charge in [-0.2, -0.15) is 0 Å². The molecule has 0 radical (unpaired) electrons. The molecule has 6 nitrogen and oxygen atoms in total. The van der Waals surface area contributed by atoms with Crippen molar-refractivity contribution in [3.8, 4) is 0 Å². The molecular weight excluding hydrogens is 304 g/mol. The number of aliphatic hydroxyl groups excluding tert-OH is 1. The van der Waals surface area contributed by atoms with E-state index in [-0.39, 0.29) is 6.54 Å². The van der Waals surface area contributed by atoms with Crippen molar-refractivity contribution >= 4 is 33.5 Å². The lowest BCUT2D eigenvalue weighted by Crippen LogP contribution is -2.37. The molecule has 0 saturated carbocycles. The summed E-state index contributed by atoms with van der Waals surface area (Å²) < 4.78 is 4.99. The van der Waals surface area contributed by atoms with Crippen LogP contribution in [0.2, 0.25) is 0 Å². The molecule has 0 heterocycles. The van der Waals surface area contributed by atoms with Crippen LogP contribution in [0.15, 0.2) is 22.7 Å². The Hall–Kier alpha value is -1.60. The summed E-state index contributed by atoms with van der Waals surface area (Å²) in [5.41, 5.74) is 6.36. The number of hydrogen-bond acceptors (Lipinski definition) is 5. The van der Waals surface area contributed by atoms with E-state index in [2.05, 4.69) is 26.0 Å². The summed E-state index contributed by atoms with van der Waals surface area (Å²) in [6.45, 7) is -0.224. The molecule has 4 N–H and O–H groups in total. The number of benzene rings is 1. The highest BCUT2D eigenvalue weighted by Crippen LogP contribution is 2.17. The lowest BCUT2D eigenvalue weighted by molar-refractivity contribution is -0.149. The lowest BCUT2D eigenvalue weighted by Gasteiger charge is -2.10. The highest BCUT2D eigenvalue weighted by molar-refractivity contribution is 9.10. The number of ether oxygens (including phenoxy) is 1. The second kappa shape index (κ2) is 6.36. The number of aliphatic hydroxyl groups is 1. The van der Waals surface area contributed by atoms with Gasteiger partial charge in [0, 0.05) is 15.7 Å². The molecular formula is C11H13BrN2O4. The van der Waals surface area contributed by atoms with Gasteiger partial charge >= 0.3 is 5.97 Å². The molecule has 0 saturated heterocycles. The van der Waals surface area contributed by atoms with Crippen molar-refractivity contribution in [2.45, 2.75) is 6.10 Å². The molecule has 0 aliphatic carbocycles. The second-order valence-electron chi connectivity index (χ2n) is 3.52. The zero-order valence-electron chi connectivity index (χ0n) is 9.64. The number of nitrogens with two attached hydrogens (primary N) is 1. The lowest BCUT2D eigenvalue weighted by atomic mass is 10.2. The SMILES string of the molecule is COC(=O)C(O)CNC(=O)c1cc(N)cc(Br)c1. The van der Waals surface area contributed by atoms with Gasteiger partial charge in [-0.15, -0.1) is 0 Å². The Bertz CT molecular complexity index is 444. The van der Waals surface area contributed by atoms with Gasteiger partial charge < -0.3 is 20.9 Å². The van der Waals surface area contributed by atoms with E-state index in [1.807, 2.05) is 0 Å². The molecule has 1 unspecified atom stereocenters. The van der Waals surface area contributed by atoms with Gasteiger partial charge in [0.2, 0.25) is 0 Å². The van der Waals surface area contributed by atoms with Crippen LogP contribution in [0.5, 0.6) is 0 Å². The highest BCUT2D eigenvalue weighted by atomic mass is 79.9. The van der Waals surface area contributed by atoms with Crippen LogP contribution in [0.3, 0.4) is 0 Å². The Labute approximate surface area is 112 Å². The molecule has 1 aromatic rings. The van der Waals surface area contributed by atoms with Gasteiger partial charge in [-0.25, -0.2) is 4.79 Å². The molecule has 18 heavy (non-hydrogen) atoms. The highest BCUT2D eigenvalue weighted by Gasteiger charge is 2.16. The fourth-order valence-electron chi connectivity index (χ4n) is 1.25. The van der Waals surface area contributed by atoms with Gasteiger partial charge in [-0.3, -0.25) is 4.79 Å². The molecule has 0 bridgehead atoms. The largest absolute Gasteiger partial charge is 0.467 e. The van der Waals surface area contributed by atoms with Crippen molar-refractivity contribution in [1.29, 1.82) is 0 Å². The first kappa shape index (κ1) is 14.5. The van der Waals surface area contributed by atoms with Crippen molar-refractivity contribution in [1.82, 2.24) is 5.32 Å². The third kappa shape index (κ3) is 4.01. The number of amides is 1. The normalized spacial score (nSPS) is 11.7. The molecule has 1 amide bonds. The van der Waals surface area contributed by atoms with E-state index in [1.54, 1.807) is 12.1 Å². The van der Waals surface area contributed by atoms with Crippen molar-refractivity contribution in [2.24, 2.45) is 0 Å². The minimum atomic E-state index is -1.39. The smallest absolute Gasteiger partial charge is 0.336 e. The van der Waals surface area contributed by atoms with Gasteiger partial charge in [0.15, 0.2) is 6.10 Å². The number of nitrogen functional groups attached to an aromatic ring is 1. The quantitative estimate of drug-likeness (QED) is 0.547. The molecule has 0 aliphatic rings. The van der Waals surface area contributed by atoms with Crippen LogP contribution in [0.4, 0.5) is 5.69 Å². The van der Waals surface area contributed by atoms with Gasteiger partial charge in [0.25, 0.3) is 5.91 Å². The monoisotopic (exact) mass is 316 g/mol. The first-order chi connectivity index (χ1) is 8.43. The van der Waals surface area contributed by atoms with Gasteiger partial charge in [0.05, 0.1) is 13.7 Å². The average Bonchev–Trinajstić information content (AvgIpc) is 2.33. The Morgan fingerprint density at radius 1 is 1.50 bits per heavy atom. The summed E-state index contributed by atoms with van der Waals surface area (Å²) in [5, 5.41) is 11.7. The van der Waals surface area contributed by atoms with Crippen LogP contribution >= 0.6 is 15.9 Å². The number of esters is 1. The van der Waals surface area contributed by atoms with E-state index >= 15 is 0 Å². The van der Waals surface area contributed by atoms with Crippen molar-refractivity contribution in [3.63, 3.8) is 0 Å². The van der Waals surface area contributed by atoms with Crippen LogP contribution in [-0.2, 0) is 9.53 Å². The molecule has 7 heteroatoms. The van der Waals surface area contributed by atoms with E-state index in [1.165, 1.54) is 6.07 Å². The van der Waals surface area contributed by atoms with E-state index in [9.17, 15) is 14.7 Å². The van der Waals surface area contributed by atoms with E-state index in [4.69, 9.17) is 5.73 Å². The molecule has 98 valence electrons. The minimum absolute atomic E-state index is 0.224. The summed E-state index contributed by atoms with van der Waals surface area (Å²) >= 11 is 3.21. The summed E-state index contributed by atoms with van der Waals surface area (Å²) in [7, 11) is 1.16. The van der Waals surface area contributed by atoms with E-state index in [0.29, 0.717) is 15.7 Å². The number of anilines is 1. The van der Waals surface area contributed by atoms with Gasteiger partial charge in [-0.05, 0) is 18.2 Å². The van der Waals surface area contributed by atoms with Gasteiger partial charge in [0.1, 0.15) is 0 Å². The summed E-state index contributed by atoms with van der Waals surface area (Å²) in [5.74, 6) is -1.24. The minimum Gasteiger partial charge on any atom is -0.467 e. The van der Waals surface area contributed by atoms with Crippen molar-refractivity contribution < 1.29 is 19.4 Å². The summed E-state index contributed by atoms with van der Waals surface area (Å²) in [4.78, 5) is 22.6. The number of methoxy groups -OCH3 is 1. The maximum Gasteiger partial charge on any atom is 0.336 e. The Balaban J connectivity index is 2.63. The summed E-state index contributed by atoms with van der Waals surface area (Å²) in [6, 6.07) is 4.72. The standard InChI is InChI=1S/C11H13BrN2O4/c1-18-11(17)9(15)5-14-10(16)6-2-7(12)4-8(13)3-6/h2-4,9,15H,5,13H2,1H3,(H,14,16). The van der Waals surface area contributed by atoms with E-state index in [0.717, 1.165) is 7.11 Å². The topological polar surface area (TPSA) is 102 Å². The third-order valence-electron chi connectivity index (χ3n) is 2.11. The molecule has 0 aromatic heterocycles. The van der Waals surface area contributed by atoms with Crippen LogP contribution in [0, 0.1) is 0 Å². The summed E-state index contributed by atoms with van der Waals surface area (Å²) in [6.07, 6.45) is -1.39. The molecule has 0 spiro atoms. The molecule has 0 fully saturated rings. The van der Waals surface area contributed by atoms with E-state index < -0.39 is 18.0 Å². The first-order valence-corrected chi connectivity index (χ1v) is 5.83. The molecule has 1 aromatic carbocycles. The fraction of sp³-hybridized carbons (Fsp3) is 0.273. The van der Waals surface area contributed by atoms with Crippen LogP contribution in [-0.4, -0.2) is 36.7 Å². The van der Waals surface area contributed by atoms with Crippen molar-refractivity contribution in [2.75, 3.05) is 19.4 Å². The number of rotatable bonds is 4. The number of hydrogen-bond donors (Lipinski definition) is 3. The third-order valence-corrected chi connectivity index (χ3v) is 2.57. The maximum atomic E-state index is 11.7. The number of nitrogens with one attached hydrogen (secondary N) is 1. The fourth-order valence-corrected chi connectivity index (χ4v) is 1.77. The maximum absolute atomic E-state index is 11.7. The van der Waals surface area contributed by atoms with Crippen LogP contribution in [0.1, 0.15) is 10.4 Å². The van der Waals surface area contributed by atoms with Crippen molar-refractivity contribution in [3.05, 3.63) is 28.2 Å². The zero-order valence-corrected chi connectivity index (χ0v) is 11.2. The average molecular weight is 317 g/mol. The molecule has 0 aliphatic heterocycles. The number of carbonyl (C=O) groups excluding carboxylic acids is 2. The Morgan fingerprint density at radius 3 is 2.72 bits per heavy atom. The Kier molecular flexibility index (Phi) is 5.11. The predicted octanol–water partition coefficient (Wildman–Crippen LogP) is 0.295. The predicted molar refractivity (Wildman–Crippen MR) is 68.9 cm³/mol. The van der Waals surface area contributed by atoms with Crippen LogP contribution in [0.25, 0.3) is 0 Å². The second-order valence-corrected chi connectivity index (χ2v) is 4.44. The molecule has 1 rings (SSSR count). The number of carbonyl (C=O) groups is 2.